The van der Waals surface area contributed by atoms with E-state index >= 15 is 0 Å². The molecule has 1 aromatic rings. The second-order valence-electron chi connectivity index (χ2n) is 2.34. The molecular weight excluding hydrogens is 158 g/mol. The molecule has 0 aliphatic rings. The molecule has 1 rings (SSSR count). The Kier molecular flexibility index (Phi) is 3.56. The lowest BCUT2D eigenvalue weighted by molar-refractivity contribution is 0.0594. The molecule has 62 valence electrons. The first-order valence-electron chi connectivity index (χ1n) is 3.69. The quantitative estimate of drug-likeness (QED) is 0.702. The molecule has 0 aliphatic carbocycles. The topological polar surface area (TPSA) is 21.3 Å². The summed E-state index contributed by atoms with van der Waals surface area (Å²) in [5, 5.41) is 4.22. The minimum Gasteiger partial charge on any atom is -0.305 e. The van der Waals surface area contributed by atoms with Gasteiger partial charge in [0.2, 0.25) is 0 Å². The Labute approximate surface area is 71.1 Å². The lowest BCUT2D eigenvalue weighted by Crippen LogP contribution is -2.18. The molecule has 0 saturated carbocycles. The van der Waals surface area contributed by atoms with Crippen LogP contribution in [0, 0.1) is 0 Å². The van der Waals surface area contributed by atoms with E-state index in [1.165, 1.54) is 5.56 Å². The summed E-state index contributed by atoms with van der Waals surface area (Å²) >= 11 is 1.71. The highest BCUT2D eigenvalue weighted by Crippen LogP contribution is 2.18. The first-order valence-corrected chi connectivity index (χ1v) is 4.63. The van der Waals surface area contributed by atoms with E-state index in [-0.39, 0.29) is 0 Å². The molecule has 1 unspecified atom stereocenters. The predicted octanol–water partition coefficient (Wildman–Crippen LogP) is 2.35. The monoisotopic (exact) mass is 171 g/mol. The van der Waals surface area contributed by atoms with Crippen LogP contribution in [0.2, 0.25) is 0 Å². The van der Waals surface area contributed by atoms with Gasteiger partial charge < -0.3 is 4.84 Å². The fourth-order valence-corrected chi connectivity index (χ4v) is 1.72. The van der Waals surface area contributed by atoms with Crippen molar-refractivity contribution in [2.75, 3.05) is 7.11 Å². The number of thiophene rings is 1. The zero-order valence-corrected chi connectivity index (χ0v) is 7.65. The zero-order valence-electron chi connectivity index (χ0n) is 6.83. The minimum atomic E-state index is 0.339. The smallest absolute Gasteiger partial charge is 0.0576 e. The van der Waals surface area contributed by atoms with Crippen LogP contribution in [-0.4, -0.2) is 7.11 Å². The Morgan fingerprint density at radius 2 is 2.55 bits per heavy atom. The van der Waals surface area contributed by atoms with Gasteiger partial charge in [-0.1, -0.05) is 6.92 Å². The van der Waals surface area contributed by atoms with Crippen LogP contribution < -0.4 is 5.48 Å². The Balaban J connectivity index is 2.56. The standard InChI is InChI=1S/C8H13NOS/c1-3-8(9-10-2)7-4-5-11-6-7/h4-6,8-9H,3H2,1-2H3. The highest BCUT2D eigenvalue weighted by Gasteiger charge is 2.07. The van der Waals surface area contributed by atoms with Gasteiger partial charge in [0.1, 0.15) is 0 Å². The van der Waals surface area contributed by atoms with E-state index in [9.17, 15) is 0 Å². The Morgan fingerprint density at radius 3 is 3.00 bits per heavy atom. The minimum absolute atomic E-state index is 0.339. The average molecular weight is 171 g/mol. The molecule has 0 amide bonds. The van der Waals surface area contributed by atoms with Crippen LogP contribution in [0.1, 0.15) is 24.9 Å². The largest absolute Gasteiger partial charge is 0.305 e. The average Bonchev–Trinajstić information content (AvgIpc) is 2.52. The molecule has 0 radical (unpaired) electrons. The number of hydroxylamine groups is 1. The number of hydrogen-bond acceptors (Lipinski definition) is 3. The lowest BCUT2D eigenvalue weighted by atomic mass is 10.1. The molecular formula is C8H13NOS. The van der Waals surface area contributed by atoms with Gasteiger partial charge >= 0.3 is 0 Å². The normalized spacial score (nSPS) is 13.3. The maximum absolute atomic E-state index is 4.87. The summed E-state index contributed by atoms with van der Waals surface area (Å²) in [4.78, 5) is 4.87. The van der Waals surface area contributed by atoms with Gasteiger partial charge in [-0.05, 0) is 28.8 Å². The van der Waals surface area contributed by atoms with Crippen molar-refractivity contribution in [2.45, 2.75) is 19.4 Å². The third kappa shape index (κ3) is 2.29. The number of rotatable bonds is 4. The molecule has 0 fully saturated rings. The molecule has 1 atom stereocenters. The van der Waals surface area contributed by atoms with Gasteiger partial charge in [-0.2, -0.15) is 16.8 Å². The summed E-state index contributed by atoms with van der Waals surface area (Å²) in [6.07, 6.45) is 1.05. The third-order valence-corrected chi connectivity index (χ3v) is 2.32. The van der Waals surface area contributed by atoms with Gasteiger partial charge in [0.15, 0.2) is 0 Å². The van der Waals surface area contributed by atoms with Crippen molar-refractivity contribution in [1.82, 2.24) is 5.48 Å². The zero-order chi connectivity index (χ0) is 8.10. The molecule has 1 heterocycles. The molecule has 0 aromatic carbocycles. The van der Waals surface area contributed by atoms with Gasteiger partial charge in [0, 0.05) is 0 Å². The van der Waals surface area contributed by atoms with Crippen LogP contribution in [-0.2, 0) is 4.84 Å². The summed E-state index contributed by atoms with van der Waals surface area (Å²) in [6, 6.07) is 2.46. The maximum Gasteiger partial charge on any atom is 0.0576 e. The van der Waals surface area contributed by atoms with Crippen molar-refractivity contribution in [2.24, 2.45) is 0 Å². The SMILES string of the molecule is CCC(NOC)c1ccsc1. The second kappa shape index (κ2) is 4.49. The van der Waals surface area contributed by atoms with Gasteiger partial charge in [-0.3, -0.25) is 0 Å². The fourth-order valence-electron chi connectivity index (χ4n) is 1.00. The molecule has 1 N–H and O–H groups in total. The van der Waals surface area contributed by atoms with Crippen LogP contribution in [0.5, 0.6) is 0 Å². The highest BCUT2D eigenvalue weighted by molar-refractivity contribution is 7.07. The van der Waals surface area contributed by atoms with E-state index in [0.29, 0.717) is 6.04 Å². The van der Waals surface area contributed by atoms with Gasteiger partial charge in [-0.15, -0.1) is 0 Å². The maximum atomic E-state index is 4.87. The molecule has 0 saturated heterocycles. The van der Waals surface area contributed by atoms with Crippen molar-refractivity contribution in [1.29, 1.82) is 0 Å². The van der Waals surface area contributed by atoms with E-state index < -0.39 is 0 Å². The highest BCUT2D eigenvalue weighted by atomic mass is 32.1. The first-order chi connectivity index (χ1) is 5.38. The molecule has 1 aromatic heterocycles. The van der Waals surface area contributed by atoms with E-state index in [1.54, 1.807) is 18.4 Å². The van der Waals surface area contributed by atoms with Crippen molar-refractivity contribution in [3.63, 3.8) is 0 Å². The van der Waals surface area contributed by atoms with E-state index in [4.69, 9.17) is 4.84 Å². The van der Waals surface area contributed by atoms with Gasteiger partial charge in [0.05, 0.1) is 13.2 Å². The second-order valence-corrected chi connectivity index (χ2v) is 3.12. The molecule has 0 aliphatic heterocycles. The summed E-state index contributed by atoms with van der Waals surface area (Å²) < 4.78 is 0. The van der Waals surface area contributed by atoms with Crippen LogP contribution in [0.25, 0.3) is 0 Å². The van der Waals surface area contributed by atoms with Gasteiger partial charge in [0.25, 0.3) is 0 Å². The van der Waals surface area contributed by atoms with Crippen LogP contribution in [0.15, 0.2) is 16.8 Å². The van der Waals surface area contributed by atoms with Crippen LogP contribution >= 0.6 is 11.3 Å². The van der Waals surface area contributed by atoms with Crippen LogP contribution in [0.3, 0.4) is 0 Å². The summed E-state index contributed by atoms with van der Waals surface area (Å²) in [6.45, 7) is 2.13. The third-order valence-electron chi connectivity index (χ3n) is 1.61. The Hall–Kier alpha value is -0.380. The molecule has 3 heteroatoms. The van der Waals surface area contributed by atoms with Gasteiger partial charge in [-0.25, -0.2) is 0 Å². The van der Waals surface area contributed by atoms with Crippen molar-refractivity contribution < 1.29 is 4.84 Å². The van der Waals surface area contributed by atoms with Crippen molar-refractivity contribution >= 4 is 11.3 Å². The fraction of sp³-hybridized carbons (Fsp3) is 0.500. The van der Waals surface area contributed by atoms with Crippen molar-refractivity contribution in [3.8, 4) is 0 Å². The number of nitrogens with one attached hydrogen (secondary N) is 1. The van der Waals surface area contributed by atoms with Crippen LogP contribution in [0.4, 0.5) is 0 Å². The Morgan fingerprint density at radius 1 is 1.73 bits per heavy atom. The molecule has 11 heavy (non-hydrogen) atoms. The first kappa shape index (κ1) is 8.71. The van der Waals surface area contributed by atoms with E-state index in [1.807, 2.05) is 0 Å². The molecule has 0 bridgehead atoms. The van der Waals surface area contributed by atoms with E-state index in [0.717, 1.165) is 6.42 Å². The summed E-state index contributed by atoms with van der Waals surface area (Å²) in [5.41, 5.74) is 4.25. The Bertz CT molecular complexity index is 186. The van der Waals surface area contributed by atoms with Crippen molar-refractivity contribution in [3.05, 3.63) is 22.4 Å². The number of hydrogen-bond donors (Lipinski definition) is 1. The molecule has 0 spiro atoms. The predicted molar refractivity (Wildman–Crippen MR) is 47.5 cm³/mol. The molecule has 2 nitrogen and oxygen atoms in total. The lowest BCUT2D eigenvalue weighted by Gasteiger charge is -2.12. The van der Waals surface area contributed by atoms with E-state index in [2.05, 4.69) is 29.2 Å². The summed E-state index contributed by atoms with van der Waals surface area (Å²) in [7, 11) is 1.65. The summed E-state index contributed by atoms with van der Waals surface area (Å²) in [5.74, 6) is 0.